The molecule has 4 heteroatoms. The van der Waals surface area contributed by atoms with E-state index in [1.807, 2.05) is 0 Å². The van der Waals surface area contributed by atoms with Gasteiger partial charge in [0, 0.05) is 18.0 Å². The van der Waals surface area contributed by atoms with Crippen LogP contribution in [-0.2, 0) is 4.79 Å². The van der Waals surface area contributed by atoms with Crippen LogP contribution in [0.3, 0.4) is 0 Å². The topological polar surface area (TPSA) is 75.3 Å². The number of aliphatic hydroxyl groups excluding tert-OH is 1. The summed E-state index contributed by atoms with van der Waals surface area (Å²) in [5.41, 5.74) is 5.70. The molecule has 0 saturated heterocycles. The molecule has 0 radical (unpaired) electrons. The minimum atomic E-state index is -0.149. The number of nitrogens with two attached hydrogens (primary N) is 1. The molecule has 4 N–H and O–H groups in total. The molecule has 1 amide bonds. The van der Waals surface area contributed by atoms with Gasteiger partial charge < -0.3 is 16.2 Å². The first-order chi connectivity index (χ1) is 6.13. The van der Waals surface area contributed by atoms with E-state index in [0.29, 0.717) is 0 Å². The number of carbonyl (C=O) groups is 1. The Bertz CT molecular complexity index is 184. The van der Waals surface area contributed by atoms with Crippen LogP contribution in [0.15, 0.2) is 0 Å². The summed E-state index contributed by atoms with van der Waals surface area (Å²) in [5.74, 6) is 0.0958. The first-order valence-corrected chi connectivity index (χ1v) is 4.80. The molecule has 3 atom stereocenters. The van der Waals surface area contributed by atoms with Gasteiger partial charge in [0.15, 0.2) is 0 Å². The summed E-state index contributed by atoms with van der Waals surface area (Å²) in [6, 6.07) is 0.0320. The van der Waals surface area contributed by atoms with E-state index in [4.69, 9.17) is 10.8 Å². The van der Waals surface area contributed by atoms with E-state index in [1.54, 1.807) is 6.92 Å². The quantitative estimate of drug-likeness (QED) is 0.562. The number of hydrogen-bond donors (Lipinski definition) is 3. The minimum Gasteiger partial charge on any atom is -0.394 e. The first-order valence-electron chi connectivity index (χ1n) is 4.80. The van der Waals surface area contributed by atoms with Crippen molar-refractivity contribution in [2.75, 3.05) is 6.61 Å². The maximum atomic E-state index is 11.5. The van der Waals surface area contributed by atoms with E-state index < -0.39 is 0 Å². The van der Waals surface area contributed by atoms with E-state index >= 15 is 0 Å². The Hall–Kier alpha value is -0.610. The Kier molecular flexibility index (Phi) is 3.69. The number of nitrogens with one attached hydrogen (secondary N) is 1. The lowest BCUT2D eigenvalue weighted by Gasteiger charge is -2.14. The highest BCUT2D eigenvalue weighted by molar-refractivity contribution is 5.79. The van der Waals surface area contributed by atoms with Crippen molar-refractivity contribution in [3.05, 3.63) is 0 Å². The molecular weight excluding hydrogens is 168 g/mol. The molecule has 0 spiro atoms. The number of carbonyl (C=O) groups excluding carboxylic acids is 1. The van der Waals surface area contributed by atoms with E-state index in [-0.39, 0.29) is 30.5 Å². The third-order valence-electron chi connectivity index (χ3n) is 2.51. The lowest BCUT2D eigenvalue weighted by molar-refractivity contribution is -0.125. The zero-order chi connectivity index (χ0) is 9.84. The van der Waals surface area contributed by atoms with Crippen molar-refractivity contribution in [3.63, 3.8) is 0 Å². The predicted octanol–water partition coefficient (Wildman–Crippen LogP) is -0.389. The average Bonchev–Trinajstić information content (AvgIpc) is 2.51. The molecular formula is C9H18N2O2. The monoisotopic (exact) mass is 186 g/mol. The lowest BCUT2D eigenvalue weighted by Crippen LogP contribution is -2.38. The van der Waals surface area contributed by atoms with Crippen molar-refractivity contribution in [2.45, 2.75) is 38.3 Å². The van der Waals surface area contributed by atoms with Gasteiger partial charge in [0.1, 0.15) is 0 Å². The first kappa shape index (κ1) is 10.5. The third-order valence-corrected chi connectivity index (χ3v) is 2.51. The Morgan fingerprint density at radius 1 is 1.69 bits per heavy atom. The fourth-order valence-corrected chi connectivity index (χ4v) is 1.66. The van der Waals surface area contributed by atoms with Gasteiger partial charge in [-0.25, -0.2) is 0 Å². The molecule has 3 unspecified atom stereocenters. The van der Waals surface area contributed by atoms with Gasteiger partial charge in [-0.2, -0.15) is 0 Å². The van der Waals surface area contributed by atoms with Gasteiger partial charge in [-0.15, -0.1) is 0 Å². The summed E-state index contributed by atoms with van der Waals surface area (Å²) in [6.45, 7) is 1.78. The van der Waals surface area contributed by atoms with Crippen LogP contribution in [0.25, 0.3) is 0 Å². The van der Waals surface area contributed by atoms with Gasteiger partial charge in [-0.1, -0.05) is 0 Å². The number of aliphatic hydroxyl groups is 1. The molecule has 4 nitrogen and oxygen atoms in total. The fraction of sp³-hybridized carbons (Fsp3) is 0.889. The summed E-state index contributed by atoms with van der Waals surface area (Å²) in [5, 5.41) is 11.5. The van der Waals surface area contributed by atoms with Gasteiger partial charge in [0.05, 0.1) is 6.61 Å². The van der Waals surface area contributed by atoms with E-state index in [9.17, 15) is 4.79 Å². The Morgan fingerprint density at radius 2 is 2.38 bits per heavy atom. The summed E-state index contributed by atoms with van der Waals surface area (Å²) in [4.78, 5) is 11.5. The largest absolute Gasteiger partial charge is 0.394 e. The molecule has 0 aromatic rings. The molecule has 13 heavy (non-hydrogen) atoms. The normalized spacial score (nSPS) is 30.1. The molecule has 0 aromatic heterocycles. The molecule has 0 aromatic carbocycles. The highest BCUT2D eigenvalue weighted by Crippen LogP contribution is 2.24. The summed E-state index contributed by atoms with van der Waals surface area (Å²) in [7, 11) is 0. The molecule has 0 aliphatic heterocycles. The van der Waals surface area contributed by atoms with Crippen molar-refractivity contribution >= 4 is 5.91 Å². The van der Waals surface area contributed by atoms with Gasteiger partial charge in [0.25, 0.3) is 0 Å². The summed E-state index contributed by atoms with van der Waals surface area (Å²) < 4.78 is 0. The van der Waals surface area contributed by atoms with Gasteiger partial charge >= 0.3 is 0 Å². The number of amides is 1. The van der Waals surface area contributed by atoms with Crippen molar-refractivity contribution in [3.8, 4) is 0 Å². The van der Waals surface area contributed by atoms with Crippen LogP contribution in [0.5, 0.6) is 0 Å². The molecule has 76 valence electrons. The second-order valence-electron chi connectivity index (χ2n) is 3.86. The van der Waals surface area contributed by atoms with Crippen LogP contribution in [0, 0.1) is 5.92 Å². The highest BCUT2D eigenvalue weighted by Gasteiger charge is 2.27. The van der Waals surface area contributed by atoms with Crippen LogP contribution in [0.1, 0.15) is 26.2 Å². The zero-order valence-electron chi connectivity index (χ0n) is 7.99. The van der Waals surface area contributed by atoms with Crippen LogP contribution >= 0.6 is 0 Å². The van der Waals surface area contributed by atoms with Gasteiger partial charge in [-0.3, -0.25) is 4.79 Å². The maximum absolute atomic E-state index is 11.5. The average molecular weight is 186 g/mol. The van der Waals surface area contributed by atoms with Gasteiger partial charge in [-0.05, 0) is 26.2 Å². The van der Waals surface area contributed by atoms with Crippen molar-refractivity contribution in [1.29, 1.82) is 0 Å². The van der Waals surface area contributed by atoms with Gasteiger partial charge in [0.2, 0.25) is 5.91 Å². The van der Waals surface area contributed by atoms with E-state index in [1.165, 1.54) is 0 Å². The SMILES string of the molecule is CC(CO)NC(=O)C1CCC(N)C1. The van der Waals surface area contributed by atoms with Crippen LogP contribution < -0.4 is 11.1 Å². The smallest absolute Gasteiger partial charge is 0.223 e. The Labute approximate surface area is 78.5 Å². The Balaban J connectivity index is 2.31. The summed E-state index contributed by atoms with van der Waals surface area (Å²) >= 11 is 0. The number of hydrogen-bond acceptors (Lipinski definition) is 3. The second-order valence-corrected chi connectivity index (χ2v) is 3.86. The van der Waals surface area contributed by atoms with Crippen molar-refractivity contribution in [2.24, 2.45) is 11.7 Å². The molecule has 1 saturated carbocycles. The van der Waals surface area contributed by atoms with Crippen molar-refractivity contribution in [1.82, 2.24) is 5.32 Å². The molecule has 1 fully saturated rings. The Morgan fingerprint density at radius 3 is 2.85 bits per heavy atom. The van der Waals surface area contributed by atoms with Crippen LogP contribution in [0.2, 0.25) is 0 Å². The van der Waals surface area contributed by atoms with E-state index in [0.717, 1.165) is 19.3 Å². The zero-order valence-corrected chi connectivity index (χ0v) is 7.99. The third kappa shape index (κ3) is 2.97. The molecule has 1 aliphatic carbocycles. The lowest BCUT2D eigenvalue weighted by atomic mass is 10.1. The minimum absolute atomic E-state index is 0.00941. The second kappa shape index (κ2) is 4.58. The fourth-order valence-electron chi connectivity index (χ4n) is 1.66. The maximum Gasteiger partial charge on any atom is 0.223 e. The van der Waals surface area contributed by atoms with Crippen molar-refractivity contribution < 1.29 is 9.90 Å². The summed E-state index contributed by atoms with van der Waals surface area (Å²) in [6.07, 6.45) is 2.60. The molecule has 1 rings (SSSR count). The molecule has 0 bridgehead atoms. The van der Waals surface area contributed by atoms with Crippen LogP contribution in [-0.4, -0.2) is 29.7 Å². The highest BCUT2D eigenvalue weighted by atomic mass is 16.3. The number of rotatable bonds is 3. The molecule has 0 heterocycles. The van der Waals surface area contributed by atoms with Crippen LogP contribution in [0.4, 0.5) is 0 Å². The van der Waals surface area contributed by atoms with E-state index in [2.05, 4.69) is 5.32 Å². The predicted molar refractivity (Wildman–Crippen MR) is 50.0 cm³/mol. The standard InChI is InChI=1S/C9H18N2O2/c1-6(5-12)11-9(13)7-2-3-8(10)4-7/h6-8,12H,2-5,10H2,1H3,(H,11,13). The molecule has 1 aliphatic rings.